The van der Waals surface area contributed by atoms with Gasteiger partial charge in [-0.1, -0.05) is 6.08 Å². The number of carbonyl (C=O) groups is 1. The molecule has 70 valence electrons. The predicted octanol–water partition coefficient (Wildman–Crippen LogP) is 1.21. The summed E-state index contributed by atoms with van der Waals surface area (Å²) in [4.78, 5) is 10.4. The van der Waals surface area contributed by atoms with Gasteiger partial charge in [-0.05, 0) is 25.3 Å². The van der Waals surface area contributed by atoms with Crippen molar-refractivity contribution in [1.82, 2.24) is 5.32 Å². The van der Waals surface area contributed by atoms with Gasteiger partial charge in [-0.25, -0.2) is 4.79 Å². The number of carboxylic acid groups (broad SMARTS) is 1. The highest BCUT2D eigenvalue weighted by Gasteiger charge is 2.06. The van der Waals surface area contributed by atoms with Crippen molar-refractivity contribution < 1.29 is 14.3 Å². The van der Waals surface area contributed by atoms with Gasteiger partial charge in [-0.15, -0.1) is 0 Å². The molecule has 0 fully saturated rings. The highest BCUT2D eigenvalue weighted by Crippen LogP contribution is 2.08. The molecule has 0 aromatic carbocycles. The Kier molecular flexibility index (Phi) is 3.28. The second-order valence-electron chi connectivity index (χ2n) is 2.47. The Hall–Kier alpha value is -1.55. The molecule has 13 heavy (non-hydrogen) atoms. The Morgan fingerprint density at radius 2 is 2.46 bits per heavy atom. The number of hydrogen-bond donors (Lipinski definition) is 2. The van der Waals surface area contributed by atoms with Crippen molar-refractivity contribution in [1.29, 1.82) is 0 Å². The van der Waals surface area contributed by atoms with Crippen molar-refractivity contribution in [2.24, 2.45) is 0 Å². The van der Waals surface area contributed by atoms with Crippen LogP contribution >= 0.6 is 0 Å². The minimum absolute atomic E-state index is 0.0379. The number of hydrogen-bond acceptors (Lipinski definition) is 3. The molecule has 0 saturated carbocycles. The summed E-state index contributed by atoms with van der Waals surface area (Å²) in [5.41, 5.74) is 0. The normalized spacial score (nSPS) is 10.8. The summed E-state index contributed by atoms with van der Waals surface area (Å²) in [6, 6.07) is 3.05. The molecular formula is C9H11NO3. The van der Waals surface area contributed by atoms with E-state index < -0.39 is 5.97 Å². The third-order valence-electron chi connectivity index (χ3n) is 1.44. The van der Waals surface area contributed by atoms with Crippen LogP contribution in [0.15, 0.2) is 22.6 Å². The fourth-order valence-corrected chi connectivity index (χ4v) is 0.850. The molecule has 2 N–H and O–H groups in total. The number of carboxylic acids is 1. The average Bonchev–Trinajstić information content (AvgIpc) is 2.53. The zero-order valence-electron chi connectivity index (χ0n) is 7.28. The topological polar surface area (TPSA) is 62.5 Å². The summed E-state index contributed by atoms with van der Waals surface area (Å²) in [5, 5.41) is 11.5. The minimum Gasteiger partial charge on any atom is -0.475 e. The van der Waals surface area contributed by atoms with Gasteiger partial charge >= 0.3 is 5.97 Å². The summed E-state index contributed by atoms with van der Waals surface area (Å²) in [7, 11) is 1.83. The van der Waals surface area contributed by atoms with Gasteiger partial charge in [-0.3, -0.25) is 0 Å². The standard InChI is InChI=1S/C9H11NO3/c1-10-6-2-3-7-4-5-8(13-7)9(11)12/h2-5,10H,6H2,1H3,(H,11,12). The molecule has 0 atom stereocenters. The van der Waals surface area contributed by atoms with Crippen LogP contribution in [0.4, 0.5) is 0 Å². The maximum absolute atomic E-state index is 10.4. The summed E-state index contributed by atoms with van der Waals surface area (Å²) >= 11 is 0. The minimum atomic E-state index is -1.05. The Balaban J connectivity index is 2.64. The fourth-order valence-electron chi connectivity index (χ4n) is 0.850. The van der Waals surface area contributed by atoms with Gasteiger partial charge in [0.1, 0.15) is 5.76 Å². The number of nitrogens with one attached hydrogen (secondary N) is 1. The van der Waals surface area contributed by atoms with Crippen molar-refractivity contribution in [2.45, 2.75) is 0 Å². The van der Waals surface area contributed by atoms with E-state index in [0.29, 0.717) is 5.76 Å². The van der Waals surface area contributed by atoms with Crippen LogP contribution in [0.5, 0.6) is 0 Å². The van der Waals surface area contributed by atoms with Crippen molar-refractivity contribution in [3.05, 3.63) is 29.7 Å². The zero-order chi connectivity index (χ0) is 9.68. The SMILES string of the molecule is CNCC=Cc1ccc(C(=O)O)o1. The molecule has 1 heterocycles. The lowest BCUT2D eigenvalue weighted by molar-refractivity contribution is 0.0662. The van der Waals surface area contributed by atoms with Crippen LogP contribution < -0.4 is 5.32 Å². The number of aromatic carboxylic acids is 1. The van der Waals surface area contributed by atoms with Crippen LogP contribution in [0, 0.1) is 0 Å². The molecule has 0 aliphatic heterocycles. The third kappa shape index (κ3) is 2.76. The van der Waals surface area contributed by atoms with Gasteiger partial charge in [-0.2, -0.15) is 0 Å². The lowest BCUT2D eigenvalue weighted by atomic mass is 10.4. The zero-order valence-corrected chi connectivity index (χ0v) is 7.28. The quantitative estimate of drug-likeness (QED) is 0.732. The maximum atomic E-state index is 10.4. The van der Waals surface area contributed by atoms with Crippen LogP contribution in [0.3, 0.4) is 0 Å². The largest absolute Gasteiger partial charge is 0.475 e. The van der Waals surface area contributed by atoms with Crippen LogP contribution in [0.25, 0.3) is 6.08 Å². The highest BCUT2D eigenvalue weighted by atomic mass is 16.4. The molecule has 0 amide bonds. The summed E-state index contributed by atoms with van der Waals surface area (Å²) in [6.45, 7) is 0.725. The molecule has 0 aliphatic carbocycles. The van der Waals surface area contributed by atoms with Gasteiger partial charge in [0.15, 0.2) is 0 Å². The van der Waals surface area contributed by atoms with Crippen molar-refractivity contribution >= 4 is 12.0 Å². The Bertz CT molecular complexity index is 314. The van der Waals surface area contributed by atoms with Crippen LogP contribution in [0.1, 0.15) is 16.3 Å². The number of rotatable bonds is 4. The first-order valence-electron chi connectivity index (χ1n) is 3.88. The lowest BCUT2D eigenvalue weighted by Gasteiger charge is -1.87. The van der Waals surface area contributed by atoms with Crippen molar-refractivity contribution in [3.8, 4) is 0 Å². The second-order valence-corrected chi connectivity index (χ2v) is 2.47. The van der Waals surface area contributed by atoms with Gasteiger partial charge in [0.25, 0.3) is 0 Å². The van der Waals surface area contributed by atoms with E-state index in [4.69, 9.17) is 9.52 Å². The van der Waals surface area contributed by atoms with E-state index in [2.05, 4.69) is 5.32 Å². The van der Waals surface area contributed by atoms with Crippen LogP contribution in [-0.2, 0) is 0 Å². The number of likely N-dealkylation sites (N-methyl/N-ethyl adjacent to an activating group) is 1. The molecule has 0 bridgehead atoms. The molecule has 0 saturated heterocycles. The molecule has 1 rings (SSSR count). The van der Waals surface area contributed by atoms with E-state index in [9.17, 15) is 4.79 Å². The predicted molar refractivity (Wildman–Crippen MR) is 48.6 cm³/mol. The van der Waals surface area contributed by atoms with Crippen LogP contribution in [-0.4, -0.2) is 24.7 Å². The first-order valence-corrected chi connectivity index (χ1v) is 3.88. The first-order chi connectivity index (χ1) is 6.24. The Morgan fingerprint density at radius 1 is 1.69 bits per heavy atom. The number of furan rings is 1. The van der Waals surface area contributed by atoms with Gasteiger partial charge in [0.05, 0.1) is 0 Å². The van der Waals surface area contributed by atoms with E-state index in [1.165, 1.54) is 6.07 Å². The van der Waals surface area contributed by atoms with Gasteiger partial charge in [0.2, 0.25) is 5.76 Å². The maximum Gasteiger partial charge on any atom is 0.371 e. The Labute approximate surface area is 75.9 Å². The summed E-state index contributed by atoms with van der Waals surface area (Å²) in [5.74, 6) is -0.537. The monoisotopic (exact) mass is 181 g/mol. The molecule has 0 spiro atoms. The fraction of sp³-hybridized carbons (Fsp3) is 0.222. The highest BCUT2D eigenvalue weighted by molar-refractivity contribution is 5.84. The molecule has 4 heteroatoms. The molecule has 0 unspecified atom stereocenters. The molecule has 1 aromatic heterocycles. The van der Waals surface area contributed by atoms with Gasteiger partial charge < -0.3 is 14.8 Å². The van der Waals surface area contributed by atoms with Crippen LogP contribution in [0.2, 0.25) is 0 Å². The lowest BCUT2D eigenvalue weighted by Crippen LogP contribution is -2.03. The molecule has 1 aromatic rings. The van der Waals surface area contributed by atoms with E-state index >= 15 is 0 Å². The van der Waals surface area contributed by atoms with E-state index in [1.807, 2.05) is 13.1 Å². The summed E-state index contributed by atoms with van der Waals surface area (Å²) < 4.78 is 4.98. The molecular weight excluding hydrogens is 170 g/mol. The van der Waals surface area contributed by atoms with E-state index in [0.717, 1.165) is 6.54 Å². The Morgan fingerprint density at radius 3 is 3.00 bits per heavy atom. The third-order valence-corrected chi connectivity index (χ3v) is 1.44. The van der Waals surface area contributed by atoms with E-state index in [-0.39, 0.29) is 5.76 Å². The molecule has 4 nitrogen and oxygen atoms in total. The smallest absolute Gasteiger partial charge is 0.371 e. The second kappa shape index (κ2) is 4.47. The van der Waals surface area contributed by atoms with Gasteiger partial charge in [0, 0.05) is 6.54 Å². The van der Waals surface area contributed by atoms with Crippen molar-refractivity contribution in [3.63, 3.8) is 0 Å². The molecule has 0 aliphatic rings. The summed E-state index contributed by atoms with van der Waals surface area (Å²) in [6.07, 6.45) is 3.58. The average molecular weight is 181 g/mol. The van der Waals surface area contributed by atoms with E-state index in [1.54, 1.807) is 12.1 Å². The first kappa shape index (κ1) is 9.54. The molecule has 0 radical (unpaired) electrons. The van der Waals surface area contributed by atoms with Crippen molar-refractivity contribution in [2.75, 3.05) is 13.6 Å².